The van der Waals surface area contributed by atoms with Crippen LogP contribution >= 0.6 is 0 Å². The molecule has 1 N–H and O–H groups in total. The van der Waals surface area contributed by atoms with Gasteiger partial charge in [-0.05, 0) is 18.2 Å². The molecule has 8 heteroatoms. The molecule has 0 radical (unpaired) electrons. The summed E-state index contributed by atoms with van der Waals surface area (Å²) in [4.78, 5) is 14.5. The molecule has 0 unspecified atom stereocenters. The Balaban J connectivity index is 1.83. The number of rotatable bonds is 3. The van der Waals surface area contributed by atoms with Gasteiger partial charge < -0.3 is 0 Å². The highest BCUT2D eigenvalue weighted by Gasteiger charge is 2.10. The van der Waals surface area contributed by atoms with E-state index in [2.05, 4.69) is 20.3 Å². The van der Waals surface area contributed by atoms with Gasteiger partial charge in [-0.1, -0.05) is 12.1 Å². The fourth-order valence-electron chi connectivity index (χ4n) is 2.43. The van der Waals surface area contributed by atoms with E-state index in [1.54, 1.807) is 23.0 Å². The molecule has 0 aliphatic rings. The average molecular weight is 306 g/mol. The summed E-state index contributed by atoms with van der Waals surface area (Å²) in [5.41, 5.74) is 2.57. The zero-order valence-corrected chi connectivity index (χ0v) is 11.7. The molecule has 0 atom stereocenters. The largest absolute Gasteiger partial charge is 0.269 e. The lowest BCUT2D eigenvalue weighted by atomic mass is 10.1. The number of aromatic amines is 1. The zero-order valence-electron chi connectivity index (χ0n) is 11.7. The molecular formula is C15H10N6O2. The van der Waals surface area contributed by atoms with Crippen molar-refractivity contribution in [2.75, 3.05) is 0 Å². The molecule has 0 amide bonds. The first-order valence-electron chi connectivity index (χ1n) is 6.81. The number of nitrogens with zero attached hydrogens (tertiary/aromatic N) is 5. The predicted molar refractivity (Wildman–Crippen MR) is 83.1 cm³/mol. The number of nitro groups is 1. The minimum atomic E-state index is -0.424. The van der Waals surface area contributed by atoms with Crippen LogP contribution in [-0.4, -0.2) is 29.9 Å². The number of H-pyrrole nitrogens is 1. The second kappa shape index (κ2) is 5.02. The zero-order chi connectivity index (χ0) is 15.8. The van der Waals surface area contributed by atoms with E-state index in [9.17, 15) is 10.1 Å². The highest BCUT2D eigenvalue weighted by Crippen LogP contribution is 2.24. The van der Waals surface area contributed by atoms with Crippen molar-refractivity contribution in [3.05, 3.63) is 65.1 Å². The second-order valence-electron chi connectivity index (χ2n) is 4.94. The van der Waals surface area contributed by atoms with Crippen molar-refractivity contribution in [1.82, 2.24) is 25.0 Å². The van der Waals surface area contributed by atoms with Crippen LogP contribution < -0.4 is 0 Å². The first-order chi connectivity index (χ1) is 11.2. The summed E-state index contributed by atoms with van der Waals surface area (Å²) in [5.74, 6) is 0.670. The third-order valence-corrected chi connectivity index (χ3v) is 3.56. The second-order valence-corrected chi connectivity index (χ2v) is 4.94. The van der Waals surface area contributed by atoms with Crippen LogP contribution in [0.3, 0.4) is 0 Å². The lowest BCUT2D eigenvalue weighted by Crippen LogP contribution is -1.97. The van der Waals surface area contributed by atoms with Crippen LogP contribution in [-0.2, 0) is 0 Å². The van der Waals surface area contributed by atoms with Gasteiger partial charge in [-0.25, -0.2) is 9.67 Å². The van der Waals surface area contributed by atoms with E-state index in [-0.39, 0.29) is 5.69 Å². The standard InChI is InChI=1S/C15H10N6O2/c22-21(23)13-5-3-12(4-6-13)20-14-7-10(15-16-9-17-19-15)1-2-11(14)8-18-20/h1-9H,(H,16,17,19). The van der Waals surface area contributed by atoms with E-state index in [1.165, 1.54) is 18.5 Å². The van der Waals surface area contributed by atoms with E-state index >= 15 is 0 Å². The van der Waals surface area contributed by atoms with Gasteiger partial charge in [0.15, 0.2) is 5.82 Å². The maximum atomic E-state index is 10.8. The minimum absolute atomic E-state index is 0.0487. The van der Waals surface area contributed by atoms with E-state index in [4.69, 9.17) is 0 Å². The molecular weight excluding hydrogens is 296 g/mol. The maximum Gasteiger partial charge on any atom is 0.269 e. The Morgan fingerprint density at radius 3 is 2.65 bits per heavy atom. The van der Waals surface area contributed by atoms with Crippen LogP contribution in [0.1, 0.15) is 0 Å². The number of benzene rings is 2. The summed E-state index contributed by atoms with van der Waals surface area (Å²) in [5, 5.41) is 22.8. The Labute approximate surface area is 129 Å². The highest BCUT2D eigenvalue weighted by molar-refractivity contribution is 5.84. The normalized spacial score (nSPS) is 11.0. The smallest absolute Gasteiger partial charge is 0.259 e. The van der Waals surface area contributed by atoms with Crippen LogP contribution in [0, 0.1) is 10.1 Å². The van der Waals surface area contributed by atoms with Crippen LogP contribution in [0.4, 0.5) is 5.69 Å². The average Bonchev–Trinajstić information content (AvgIpc) is 3.24. The monoisotopic (exact) mass is 306 g/mol. The van der Waals surface area contributed by atoms with Gasteiger partial charge in [-0.3, -0.25) is 15.2 Å². The number of hydrogen-bond acceptors (Lipinski definition) is 5. The Bertz CT molecular complexity index is 989. The number of non-ortho nitro benzene ring substituents is 1. The summed E-state index contributed by atoms with van der Waals surface area (Å²) < 4.78 is 1.74. The molecule has 0 bridgehead atoms. The summed E-state index contributed by atoms with van der Waals surface area (Å²) in [6.45, 7) is 0. The lowest BCUT2D eigenvalue weighted by molar-refractivity contribution is -0.384. The lowest BCUT2D eigenvalue weighted by Gasteiger charge is -2.04. The van der Waals surface area contributed by atoms with Crippen molar-refractivity contribution in [2.45, 2.75) is 0 Å². The van der Waals surface area contributed by atoms with E-state index in [1.807, 2.05) is 18.2 Å². The van der Waals surface area contributed by atoms with Crippen LogP contribution in [0.5, 0.6) is 0 Å². The molecule has 2 aromatic carbocycles. The summed E-state index contributed by atoms with van der Waals surface area (Å²) in [6, 6.07) is 12.1. The van der Waals surface area contributed by atoms with Crippen molar-refractivity contribution in [1.29, 1.82) is 0 Å². The summed E-state index contributed by atoms with van der Waals surface area (Å²) in [7, 11) is 0. The Kier molecular flexibility index (Phi) is 2.87. The fourth-order valence-corrected chi connectivity index (χ4v) is 2.43. The summed E-state index contributed by atoms with van der Waals surface area (Å²) in [6.07, 6.45) is 3.20. The van der Waals surface area contributed by atoms with Gasteiger partial charge in [0.1, 0.15) is 6.33 Å². The predicted octanol–water partition coefficient (Wildman–Crippen LogP) is 2.72. The number of fused-ring (bicyclic) bond motifs is 1. The molecule has 23 heavy (non-hydrogen) atoms. The van der Waals surface area contributed by atoms with Gasteiger partial charge in [-0.15, -0.1) is 0 Å². The Hall–Kier alpha value is -3.55. The number of nitrogens with one attached hydrogen (secondary N) is 1. The fraction of sp³-hybridized carbons (Fsp3) is 0. The quantitative estimate of drug-likeness (QED) is 0.463. The molecule has 4 rings (SSSR count). The van der Waals surface area contributed by atoms with Gasteiger partial charge in [0.2, 0.25) is 0 Å². The van der Waals surface area contributed by atoms with Gasteiger partial charge in [0.25, 0.3) is 5.69 Å². The number of hydrogen-bond donors (Lipinski definition) is 1. The molecule has 8 nitrogen and oxygen atoms in total. The van der Waals surface area contributed by atoms with Gasteiger partial charge >= 0.3 is 0 Å². The molecule has 0 fully saturated rings. The molecule has 0 saturated carbocycles. The minimum Gasteiger partial charge on any atom is -0.259 e. The Morgan fingerprint density at radius 1 is 1.13 bits per heavy atom. The molecule has 2 aromatic heterocycles. The molecule has 112 valence electrons. The molecule has 0 aliphatic heterocycles. The van der Waals surface area contributed by atoms with Gasteiger partial charge in [-0.2, -0.15) is 10.2 Å². The molecule has 4 aromatic rings. The topological polar surface area (TPSA) is 103 Å². The van der Waals surface area contributed by atoms with Crippen molar-refractivity contribution in [2.24, 2.45) is 0 Å². The third kappa shape index (κ3) is 2.22. The van der Waals surface area contributed by atoms with Crippen molar-refractivity contribution in [3.63, 3.8) is 0 Å². The van der Waals surface area contributed by atoms with Crippen molar-refractivity contribution < 1.29 is 4.92 Å². The first-order valence-corrected chi connectivity index (χ1v) is 6.81. The van der Waals surface area contributed by atoms with E-state index < -0.39 is 4.92 Å². The van der Waals surface area contributed by atoms with Gasteiger partial charge in [0, 0.05) is 23.1 Å². The summed E-state index contributed by atoms with van der Waals surface area (Å²) >= 11 is 0. The third-order valence-electron chi connectivity index (χ3n) is 3.56. The SMILES string of the molecule is O=[N+]([O-])c1ccc(-n2ncc3ccc(-c4ncn[nH]4)cc32)cc1. The van der Waals surface area contributed by atoms with Crippen molar-refractivity contribution in [3.8, 4) is 17.1 Å². The Morgan fingerprint density at radius 2 is 1.96 bits per heavy atom. The van der Waals surface area contributed by atoms with E-state index in [0.29, 0.717) is 5.82 Å². The van der Waals surface area contributed by atoms with E-state index in [0.717, 1.165) is 22.2 Å². The maximum absolute atomic E-state index is 10.8. The van der Waals surface area contributed by atoms with Crippen molar-refractivity contribution >= 4 is 16.6 Å². The van der Waals surface area contributed by atoms with Crippen LogP contribution in [0.25, 0.3) is 28.0 Å². The molecule has 2 heterocycles. The molecule has 0 saturated heterocycles. The highest BCUT2D eigenvalue weighted by atomic mass is 16.6. The van der Waals surface area contributed by atoms with Crippen LogP contribution in [0.2, 0.25) is 0 Å². The molecule has 0 aliphatic carbocycles. The first kappa shape index (κ1) is 13.1. The molecule has 0 spiro atoms. The van der Waals surface area contributed by atoms with Crippen LogP contribution in [0.15, 0.2) is 55.0 Å². The van der Waals surface area contributed by atoms with Gasteiger partial charge in [0.05, 0.1) is 22.3 Å². The number of nitro benzene ring substituents is 1. The number of aromatic nitrogens is 5.